The number of sulfonamides is 1. The molecule has 2 aromatic heterocycles. The van der Waals surface area contributed by atoms with E-state index in [9.17, 15) is 26.8 Å². The number of anilines is 1. The van der Waals surface area contributed by atoms with E-state index in [-0.39, 0.29) is 37.6 Å². The van der Waals surface area contributed by atoms with E-state index < -0.39 is 33.9 Å². The van der Waals surface area contributed by atoms with Gasteiger partial charge < -0.3 is 4.74 Å². The fourth-order valence-corrected chi connectivity index (χ4v) is 4.68. The van der Waals surface area contributed by atoms with E-state index in [1.165, 1.54) is 30.3 Å². The highest BCUT2D eigenvalue weighted by molar-refractivity contribution is 7.92. The molecule has 232 valence electrons. The number of aryl methyl sites for hydroxylation is 1. The van der Waals surface area contributed by atoms with Crippen molar-refractivity contribution in [2.45, 2.75) is 40.5 Å². The normalized spacial score (nSPS) is 12.4. The molecule has 0 fully saturated rings. The van der Waals surface area contributed by atoms with Crippen LogP contribution in [0.2, 0.25) is 15.1 Å². The topological polar surface area (TPSA) is 143 Å². The summed E-state index contributed by atoms with van der Waals surface area (Å²) in [5.41, 5.74) is -1.82. The third-order valence-corrected chi connectivity index (χ3v) is 6.90. The van der Waals surface area contributed by atoms with Crippen LogP contribution in [0.1, 0.15) is 39.4 Å². The number of ether oxygens (including phenoxy) is 1. The molecule has 0 saturated heterocycles. The van der Waals surface area contributed by atoms with E-state index in [0.29, 0.717) is 15.5 Å². The van der Waals surface area contributed by atoms with Crippen molar-refractivity contribution in [1.82, 2.24) is 29.1 Å². The maximum atomic E-state index is 12.8. The Kier molecular flexibility index (Phi) is 10.6. The first kappa shape index (κ1) is 34.0. The molecular formula is C25H26Cl3F2N7O5S. The number of ketones is 1. The smallest absolute Gasteiger partial charge is 0.355 e. The van der Waals surface area contributed by atoms with Crippen molar-refractivity contribution in [2.24, 2.45) is 5.41 Å². The van der Waals surface area contributed by atoms with Gasteiger partial charge in [-0.3, -0.25) is 9.52 Å². The third kappa shape index (κ3) is 8.75. The third-order valence-electron chi connectivity index (χ3n) is 5.44. The van der Waals surface area contributed by atoms with E-state index in [1.54, 1.807) is 24.3 Å². The molecule has 2 aromatic carbocycles. The second-order valence-corrected chi connectivity index (χ2v) is 13.0. The van der Waals surface area contributed by atoms with Gasteiger partial charge in [-0.2, -0.15) is 18.6 Å². The molecule has 0 saturated carbocycles. The number of nitrogens with zero attached hydrogens (tertiary/aromatic N) is 6. The molecule has 4 rings (SSSR count). The number of nitrogens with one attached hydrogen (secondary N) is 1. The summed E-state index contributed by atoms with van der Waals surface area (Å²) in [5.74, 6) is 0.235. The Bertz CT molecular complexity index is 1760. The predicted octanol–water partition coefficient (Wildman–Crippen LogP) is 5.54. The highest BCUT2D eigenvalue weighted by Crippen LogP contribution is 2.32. The van der Waals surface area contributed by atoms with Crippen molar-refractivity contribution in [3.05, 3.63) is 80.4 Å². The van der Waals surface area contributed by atoms with Crippen molar-refractivity contribution in [3.8, 4) is 11.4 Å². The van der Waals surface area contributed by atoms with E-state index in [4.69, 9.17) is 39.5 Å². The number of aromatic nitrogens is 6. The van der Waals surface area contributed by atoms with Gasteiger partial charge in [0.2, 0.25) is 15.8 Å². The summed E-state index contributed by atoms with van der Waals surface area (Å²) < 4.78 is 58.4. The maximum Gasteiger partial charge on any atom is 0.355 e. The average Bonchev–Trinajstić information content (AvgIpc) is 3.52. The number of benzene rings is 2. The van der Waals surface area contributed by atoms with Crippen LogP contribution in [-0.4, -0.2) is 49.6 Å². The van der Waals surface area contributed by atoms with Crippen molar-refractivity contribution in [3.63, 3.8) is 0 Å². The van der Waals surface area contributed by atoms with Gasteiger partial charge in [0.05, 0.1) is 27.7 Å². The second-order valence-electron chi connectivity index (χ2n) is 9.96. The van der Waals surface area contributed by atoms with Crippen LogP contribution >= 0.6 is 34.8 Å². The molecule has 1 unspecified atom stereocenters. The van der Waals surface area contributed by atoms with Crippen molar-refractivity contribution >= 4 is 56.3 Å². The highest BCUT2D eigenvalue weighted by Gasteiger charge is 2.33. The lowest BCUT2D eigenvalue weighted by Gasteiger charge is -2.25. The first-order valence-corrected chi connectivity index (χ1v) is 15.2. The standard InChI is InChI=1S/C14H16ClN3O2.C11H10Cl2F2N4O3S/c1-14(2,3)12(19)13(18-9-16-8-17-18)20-11-6-4-10(15)5-7-11;1-5-16-19(11(20)18(5)10(14)15)9-4-8(17-23(2,21)22)6(12)3-7(9)13/h4-9,13H,1-3H3;3-4,10,17H,1-2H3. The highest BCUT2D eigenvalue weighted by atomic mass is 35.5. The first-order valence-electron chi connectivity index (χ1n) is 12.1. The summed E-state index contributed by atoms with van der Waals surface area (Å²) in [4.78, 5) is 28.4. The molecule has 0 bridgehead atoms. The van der Waals surface area contributed by atoms with Gasteiger partial charge in [-0.05, 0) is 43.3 Å². The molecule has 4 aromatic rings. The number of rotatable bonds is 8. The lowest BCUT2D eigenvalue weighted by Crippen LogP contribution is -2.34. The van der Waals surface area contributed by atoms with Crippen molar-refractivity contribution in [1.29, 1.82) is 0 Å². The number of carbonyl (C=O) groups is 1. The number of carbonyl (C=O) groups excluding carboxylic acids is 1. The Balaban J connectivity index is 0.000000238. The molecule has 1 atom stereocenters. The second kappa shape index (κ2) is 13.4. The Hall–Kier alpha value is -3.53. The minimum atomic E-state index is -3.65. The molecule has 43 heavy (non-hydrogen) atoms. The summed E-state index contributed by atoms with van der Waals surface area (Å²) >= 11 is 17.7. The molecule has 0 radical (unpaired) electrons. The van der Waals surface area contributed by atoms with Crippen LogP contribution in [0.3, 0.4) is 0 Å². The quantitative estimate of drug-likeness (QED) is 0.256. The number of Topliss-reactive ketones (excluding diaryl/α,β-unsaturated/α-hetero) is 1. The first-order chi connectivity index (χ1) is 19.9. The molecule has 2 heterocycles. The number of halogens is 5. The van der Waals surface area contributed by atoms with Gasteiger partial charge in [0, 0.05) is 10.4 Å². The molecule has 12 nitrogen and oxygen atoms in total. The van der Waals surface area contributed by atoms with Crippen LogP contribution in [0.5, 0.6) is 5.75 Å². The summed E-state index contributed by atoms with van der Waals surface area (Å²) in [6, 6.07) is 9.14. The lowest BCUT2D eigenvalue weighted by molar-refractivity contribution is -0.138. The minimum Gasteiger partial charge on any atom is -0.461 e. The number of hydrogen-bond acceptors (Lipinski definition) is 8. The summed E-state index contributed by atoms with van der Waals surface area (Å²) in [6.07, 6.45) is 2.89. The van der Waals surface area contributed by atoms with Crippen LogP contribution < -0.4 is 15.1 Å². The van der Waals surface area contributed by atoms with Gasteiger partial charge in [-0.1, -0.05) is 55.6 Å². The largest absolute Gasteiger partial charge is 0.461 e. The van der Waals surface area contributed by atoms with E-state index in [1.807, 2.05) is 20.8 Å². The summed E-state index contributed by atoms with van der Waals surface area (Å²) in [7, 11) is -3.65. The van der Waals surface area contributed by atoms with Crippen molar-refractivity contribution in [2.75, 3.05) is 11.0 Å². The molecule has 0 spiro atoms. The minimum absolute atomic E-state index is 0.0257. The summed E-state index contributed by atoms with van der Waals surface area (Å²) in [6.45, 7) is 3.67. The van der Waals surface area contributed by atoms with Gasteiger partial charge in [-0.15, -0.1) is 5.10 Å². The molecule has 0 aliphatic rings. The van der Waals surface area contributed by atoms with E-state index >= 15 is 0 Å². The summed E-state index contributed by atoms with van der Waals surface area (Å²) in [5, 5.41) is 8.23. The maximum absolute atomic E-state index is 12.8. The molecule has 0 aliphatic heterocycles. The molecular weight excluding hydrogens is 655 g/mol. The fraction of sp³-hybridized carbons (Fsp3) is 0.320. The van der Waals surface area contributed by atoms with Crippen LogP contribution in [-0.2, 0) is 14.8 Å². The molecule has 18 heteroatoms. The van der Waals surface area contributed by atoms with Crippen LogP contribution in [0.4, 0.5) is 14.5 Å². The van der Waals surface area contributed by atoms with Gasteiger partial charge in [-0.25, -0.2) is 27.4 Å². The molecule has 0 aliphatic carbocycles. The van der Waals surface area contributed by atoms with Crippen LogP contribution in [0.15, 0.2) is 53.8 Å². The Labute approximate surface area is 260 Å². The number of hydrogen-bond donors (Lipinski definition) is 1. The Morgan fingerprint density at radius 3 is 2.19 bits per heavy atom. The predicted molar refractivity (Wildman–Crippen MR) is 158 cm³/mol. The van der Waals surface area contributed by atoms with Gasteiger partial charge >= 0.3 is 12.2 Å². The van der Waals surface area contributed by atoms with Gasteiger partial charge in [0.15, 0.2) is 0 Å². The van der Waals surface area contributed by atoms with Crippen molar-refractivity contribution < 1.29 is 26.7 Å². The zero-order chi connectivity index (χ0) is 32.3. The zero-order valence-electron chi connectivity index (χ0n) is 23.3. The number of alkyl halides is 2. The van der Waals surface area contributed by atoms with Crippen LogP contribution in [0.25, 0.3) is 5.69 Å². The lowest BCUT2D eigenvalue weighted by atomic mass is 9.90. The monoisotopic (exact) mass is 679 g/mol. The Morgan fingerprint density at radius 1 is 1.07 bits per heavy atom. The molecule has 1 N–H and O–H groups in total. The van der Waals surface area contributed by atoms with Gasteiger partial charge in [0.25, 0.3) is 6.23 Å². The zero-order valence-corrected chi connectivity index (χ0v) is 26.4. The van der Waals surface area contributed by atoms with Crippen LogP contribution in [0, 0.1) is 12.3 Å². The SMILES string of the molecule is CC(C)(C)C(=O)C(Oc1ccc(Cl)cc1)n1cncn1.Cc1nn(-c2cc(NS(C)(=O)=O)c(Cl)cc2Cl)c(=O)n1C(F)F. The average molecular weight is 681 g/mol. The van der Waals surface area contributed by atoms with E-state index in [2.05, 4.69) is 19.9 Å². The molecule has 0 amide bonds. The van der Waals surface area contributed by atoms with Gasteiger partial charge in [0.1, 0.15) is 24.2 Å². The Morgan fingerprint density at radius 2 is 1.70 bits per heavy atom. The van der Waals surface area contributed by atoms with E-state index in [0.717, 1.165) is 12.3 Å². The fourth-order valence-electron chi connectivity index (χ4n) is 3.41.